The molecule has 0 bridgehead atoms. The molecule has 0 aliphatic carbocycles. The van der Waals surface area contributed by atoms with E-state index in [0.717, 1.165) is 5.56 Å². The maximum absolute atomic E-state index is 13.0. The number of benzene rings is 2. The summed E-state index contributed by atoms with van der Waals surface area (Å²) in [6.45, 7) is 4.08. The van der Waals surface area contributed by atoms with Crippen LogP contribution in [0.15, 0.2) is 36.4 Å². The van der Waals surface area contributed by atoms with Gasteiger partial charge in [-0.1, -0.05) is 29.8 Å². The van der Waals surface area contributed by atoms with E-state index in [2.05, 4.69) is 5.32 Å². The van der Waals surface area contributed by atoms with Crippen LogP contribution >= 0.6 is 11.6 Å². The zero-order chi connectivity index (χ0) is 18.2. The Labute approximate surface area is 150 Å². The largest absolute Gasteiger partial charge is 0.494 e. The molecule has 5 nitrogen and oxygen atoms in total. The van der Waals surface area contributed by atoms with Gasteiger partial charge >= 0.3 is 5.97 Å². The van der Waals surface area contributed by atoms with Crippen LogP contribution in [0.1, 0.15) is 30.0 Å². The van der Waals surface area contributed by atoms with Gasteiger partial charge in [0.25, 0.3) is 0 Å². The topological polar surface area (TPSA) is 75.6 Å². The number of amides is 1. The summed E-state index contributed by atoms with van der Waals surface area (Å²) < 4.78 is 5.67. The van der Waals surface area contributed by atoms with Crippen molar-refractivity contribution >= 4 is 29.2 Å². The zero-order valence-corrected chi connectivity index (χ0v) is 14.7. The number of para-hydroxylation sites is 1. The fourth-order valence-corrected chi connectivity index (χ4v) is 3.52. The van der Waals surface area contributed by atoms with Crippen LogP contribution in [0.25, 0.3) is 0 Å². The Kier molecular flexibility index (Phi) is 4.43. The van der Waals surface area contributed by atoms with Crippen molar-refractivity contribution in [3.05, 3.63) is 58.1 Å². The Bertz CT molecular complexity index is 864. The number of carboxylic acids is 1. The molecule has 0 saturated carbocycles. The summed E-state index contributed by atoms with van der Waals surface area (Å²) >= 11 is 6.27. The number of ether oxygens (including phenoxy) is 1. The molecule has 130 valence electrons. The lowest BCUT2D eigenvalue weighted by atomic mass is 9.72. The van der Waals surface area contributed by atoms with Crippen LogP contribution < -0.4 is 10.1 Å². The molecule has 1 heterocycles. The summed E-state index contributed by atoms with van der Waals surface area (Å²) in [5.41, 5.74) is 1.09. The number of halogens is 1. The number of carbonyl (C=O) groups excluding carboxylic acids is 1. The number of nitrogens with one attached hydrogen (secondary N) is 1. The molecule has 2 aromatic carbocycles. The highest BCUT2D eigenvalue weighted by Gasteiger charge is 2.51. The fourth-order valence-electron chi connectivity index (χ4n) is 3.35. The van der Waals surface area contributed by atoms with Gasteiger partial charge in [0.2, 0.25) is 5.91 Å². The normalized spacial score (nSPS) is 18.6. The van der Waals surface area contributed by atoms with Crippen molar-refractivity contribution in [3.8, 4) is 5.75 Å². The van der Waals surface area contributed by atoms with Gasteiger partial charge in [0.05, 0.1) is 13.0 Å². The number of carbonyl (C=O) groups is 2. The molecule has 1 aliphatic rings. The number of hydrogen-bond donors (Lipinski definition) is 2. The lowest BCUT2D eigenvalue weighted by Crippen LogP contribution is -2.38. The quantitative estimate of drug-likeness (QED) is 0.852. The van der Waals surface area contributed by atoms with E-state index in [1.54, 1.807) is 36.4 Å². The first-order chi connectivity index (χ1) is 11.9. The summed E-state index contributed by atoms with van der Waals surface area (Å²) in [5.74, 6) is -0.976. The minimum atomic E-state index is -1.38. The average molecular weight is 360 g/mol. The number of aliphatic carboxylic acids is 1. The molecule has 2 N–H and O–H groups in total. The highest BCUT2D eigenvalue weighted by Crippen LogP contribution is 2.49. The highest BCUT2D eigenvalue weighted by molar-refractivity contribution is 6.31. The summed E-state index contributed by atoms with van der Waals surface area (Å²) in [6.07, 6.45) is -0.394. The van der Waals surface area contributed by atoms with E-state index < -0.39 is 23.7 Å². The molecule has 2 aromatic rings. The van der Waals surface area contributed by atoms with Crippen molar-refractivity contribution in [2.45, 2.75) is 25.7 Å². The maximum atomic E-state index is 13.0. The summed E-state index contributed by atoms with van der Waals surface area (Å²) in [4.78, 5) is 24.7. The number of carboxylic acid groups (broad SMARTS) is 1. The highest BCUT2D eigenvalue weighted by atomic mass is 35.5. The van der Waals surface area contributed by atoms with Gasteiger partial charge in [-0.15, -0.1) is 0 Å². The van der Waals surface area contributed by atoms with Crippen molar-refractivity contribution in [2.75, 3.05) is 11.9 Å². The number of fused-ring (bicyclic) bond motifs is 1. The second-order valence-electron chi connectivity index (χ2n) is 6.01. The third-order valence-electron chi connectivity index (χ3n) is 4.46. The Balaban J connectivity index is 2.32. The molecule has 0 fully saturated rings. The smallest absolute Gasteiger partial charge is 0.305 e. The Hall–Kier alpha value is -2.53. The van der Waals surface area contributed by atoms with Crippen LogP contribution in [-0.4, -0.2) is 23.6 Å². The van der Waals surface area contributed by atoms with Crippen molar-refractivity contribution in [1.82, 2.24) is 0 Å². The van der Waals surface area contributed by atoms with Gasteiger partial charge in [-0.3, -0.25) is 9.59 Å². The van der Waals surface area contributed by atoms with Gasteiger partial charge in [0, 0.05) is 16.3 Å². The molecule has 0 aromatic heterocycles. The summed E-state index contributed by atoms with van der Waals surface area (Å²) in [7, 11) is 0. The zero-order valence-electron chi connectivity index (χ0n) is 13.9. The molecule has 0 saturated heterocycles. The van der Waals surface area contributed by atoms with Crippen LogP contribution in [0, 0.1) is 6.92 Å². The van der Waals surface area contributed by atoms with Crippen molar-refractivity contribution < 1.29 is 19.4 Å². The number of aryl methyl sites for hydroxylation is 1. The van der Waals surface area contributed by atoms with Crippen LogP contribution in [0.5, 0.6) is 5.75 Å². The van der Waals surface area contributed by atoms with Crippen LogP contribution in [0.3, 0.4) is 0 Å². The van der Waals surface area contributed by atoms with Gasteiger partial charge in [-0.25, -0.2) is 0 Å². The minimum absolute atomic E-state index is 0.390. The van der Waals surface area contributed by atoms with E-state index in [9.17, 15) is 14.7 Å². The molecule has 1 unspecified atom stereocenters. The second-order valence-corrected chi connectivity index (χ2v) is 6.41. The van der Waals surface area contributed by atoms with Crippen molar-refractivity contribution in [1.29, 1.82) is 0 Å². The SMILES string of the molecule is CCOc1ccccc1C1(CC(=O)O)C(=O)Nc2cc(C)c(Cl)cc21. The summed E-state index contributed by atoms with van der Waals surface area (Å²) in [6, 6.07) is 10.5. The molecule has 0 spiro atoms. The predicted molar refractivity (Wildman–Crippen MR) is 95.5 cm³/mol. The molecule has 6 heteroatoms. The molecule has 1 amide bonds. The standard InChI is InChI=1S/C19H18ClNO4/c1-3-25-16-7-5-4-6-12(16)19(10-17(22)23)13-9-14(20)11(2)8-15(13)21-18(19)24/h4-9H,3,10H2,1-2H3,(H,21,24)(H,22,23). The third-order valence-corrected chi connectivity index (χ3v) is 4.86. The van der Waals surface area contributed by atoms with E-state index in [-0.39, 0.29) is 0 Å². The first kappa shape index (κ1) is 17.3. The van der Waals surface area contributed by atoms with Crippen molar-refractivity contribution in [2.24, 2.45) is 0 Å². The van der Waals surface area contributed by atoms with Crippen LogP contribution in [0.4, 0.5) is 5.69 Å². The van der Waals surface area contributed by atoms with E-state index >= 15 is 0 Å². The number of rotatable bonds is 5. The number of anilines is 1. The van der Waals surface area contributed by atoms with Crippen LogP contribution in [-0.2, 0) is 15.0 Å². The van der Waals surface area contributed by atoms with E-state index in [0.29, 0.717) is 34.2 Å². The monoisotopic (exact) mass is 359 g/mol. The Morgan fingerprint density at radius 2 is 2.00 bits per heavy atom. The molecular formula is C19H18ClNO4. The second kappa shape index (κ2) is 6.41. The molecule has 1 atom stereocenters. The van der Waals surface area contributed by atoms with Crippen molar-refractivity contribution in [3.63, 3.8) is 0 Å². The number of hydrogen-bond acceptors (Lipinski definition) is 3. The minimum Gasteiger partial charge on any atom is -0.494 e. The van der Waals surface area contributed by atoms with Gasteiger partial charge in [-0.05, 0) is 43.2 Å². The maximum Gasteiger partial charge on any atom is 0.305 e. The predicted octanol–water partition coefficient (Wildman–Crippen LogP) is 3.76. The van der Waals surface area contributed by atoms with Gasteiger partial charge < -0.3 is 15.2 Å². The fraction of sp³-hybridized carbons (Fsp3) is 0.263. The lowest BCUT2D eigenvalue weighted by Gasteiger charge is -2.28. The van der Waals surface area contributed by atoms with Gasteiger partial charge in [-0.2, -0.15) is 0 Å². The van der Waals surface area contributed by atoms with Gasteiger partial charge in [0.15, 0.2) is 0 Å². The first-order valence-electron chi connectivity index (χ1n) is 7.96. The Morgan fingerprint density at radius 3 is 2.68 bits per heavy atom. The third kappa shape index (κ3) is 2.74. The van der Waals surface area contributed by atoms with Gasteiger partial charge in [0.1, 0.15) is 11.2 Å². The first-order valence-corrected chi connectivity index (χ1v) is 8.34. The summed E-state index contributed by atoms with van der Waals surface area (Å²) in [5, 5.41) is 12.8. The molecule has 25 heavy (non-hydrogen) atoms. The molecule has 0 radical (unpaired) electrons. The molecule has 1 aliphatic heterocycles. The average Bonchev–Trinajstić information content (AvgIpc) is 2.81. The lowest BCUT2D eigenvalue weighted by molar-refractivity contribution is -0.140. The Morgan fingerprint density at radius 1 is 1.28 bits per heavy atom. The molecular weight excluding hydrogens is 342 g/mol. The van der Waals surface area contributed by atoms with E-state index in [1.165, 1.54) is 0 Å². The molecule has 3 rings (SSSR count). The van der Waals surface area contributed by atoms with E-state index in [4.69, 9.17) is 16.3 Å². The van der Waals surface area contributed by atoms with E-state index in [1.807, 2.05) is 13.8 Å². The van der Waals surface area contributed by atoms with Crippen LogP contribution in [0.2, 0.25) is 5.02 Å².